The van der Waals surface area contributed by atoms with Gasteiger partial charge in [0.1, 0.15) is 6.04 Å². The van der Waals surface area contributed by atoms with E-state index in [1.807, 2.05) is 0 Å². The fourth-order valence-electron chi connectivity index (χ4n) is 3.22. The molecule has 0 bridgehead atoms. The van der Waals surface area contributed by atoms with Gasteiger partial charge in [0.2, 0.25) is 5.91 Å². The molecule has 0 saturated carbocycles. The minimum absolute atomic E-state index is 0.168. The molecule has 1 aliphatic heterocycles. The Morgan fingerprint density at radius 2 is 1.43 bits per heavy atom. The van der Waals surface area contributed by atoms with Crippen LogP contribution in [-0.2, 0) is 11.0 Å². The zero-order valence-electron chi connectivity index (χ0n) is 15.1. The summed E-state index contributed by atoms with van der Waals surface area (Å²) in [6.07, 6.45) is -4.66. The maximum atomic E-state index is 13.2. The number of alkyl halides is 3. The average Bonchev–Trinajstić information content (AvgIpc) is 2.87. The van der Waals surface area contributed by atoms with Gasteiger partial charge in [-0.3, -0.25) is 19.3 Å². The highest BCUT2D eigenvalue weighted by Crippen LogP contribution is 2.35. The smallest absolute Gasteiger partial charge is 0.324 e. The van der Waals surface area contributed by atoms with E-state index < -0.39 is 47.1 Å². The lowest BCUT2D eigenvalue weighted by atomic mass is 10.0. The summed E-state index contributed by atoms with van der Waals surface area (Å²) < 4.78 is 39.6. The number of nitrogens with zero attached hydrogens (tertiary/aromatic N) is 1. The first kappa shape index (κ1) is 19.6. The van der Waals surface area contributed by atoms with Gasteiger partial charge in [0.15, 0.2) is 0 Å². The van der Waals surface area contributed by atoms with E-state index in [-0.39, 0.29) is 11.1 Å². The third kappa shape index (κ3) is 3.37. The lowest BCUT2D eigenvalue weighted by molar-refractivity contribution is -0.137. The number of nitrogens with one attached hydrogen (secondary N) is 1. The van der Waals surface area contributed by atoms with Crippen LogP contribution in [0.15, 0.2) is 48.5 Å². The van der Waals surface area contributed by atoms with Crippen LogP contribution in [-0.4, -0.2) is 28.7 Å². The van der Waals surface area contributed by atoms with Crippen LogP contribution in [0.1, 0.15) is 40.1 Å². The molecule has 0 radical (unpaired) electrons. The van der Waals surface area contributed by atoms with Crippen LogP contribution < -0.4 is 5.32 Å². The highest BCUT2D eigenvalue weighted by molar-refractivity contribution is 6.23. The van der Waals surface area contributed by atoms with E-state index in [1.54, 1.807) is 26.0 Å². The minimum atomic E-state index is -4.66. The number of rotatable bonds is 4. The number of hydrogen-bond donors (Lipinski definition) is 1. The summed E-state index contributed by atoms with van der Waals surface area (Å²) in [6.45, 7) is 3.23. The van der Waals surface area contributed by atoms with Gasteiger partial charge < -0.3 is 5.32 Å². The number of para-hydroxylation sites is 1. The molecule has 2 aromatic carbocycles. The Morgan fingerprint density at radius 3 is 1.93 bits per heavy atom. The van der Waals surface area contributed by atoms with Gasteiger partial charge in [-0.2, -0.15) is 13.2 Å². The maximum absolute atomic E-state index is 13.2. The number of halogens is 3. The molecule has 1 atom stereocenters. The molecule has 8 heteroatoms. The molecule has 0 saturated heterocycles. The summed E-state index contributed by atoms with van der Waals surface area (Å²) in [5.74, 6) is -2.65. The molecule has 0 fully saturated rings. The summed E-state index contributed by atoms with van der Waals surface area (Å²) in [4.78, 5) is 39.0. The van der Waals surface area contributed by atoms with Crippen molar-refractivity contribution in [1.29, 1.82) is 0 Å². The Hall–Kier alpha value is -3.16. The molecule has 3 rings (SSSR count). The van der Waals surface area contributed by atoms with Gasteiger partial charge in [-0.05, 0) is 30.2 Å². The molecule has 1 heterocycles. The topological polar surface area (TPSA) is 66.5 Å². The number of carbonyl (C=O) groups excluding carboxylic acids is 3. The van der Waals surface area contributed by atoms with Gasteiger partial charge in [-0.25, -0.2) is 0 Å². The van der Waals surface area contributed by atoms with E-state index >= 15 is 0 Å². The maximum Gasteiger partial charge on any atom is 0.418 e. The van der Waals surface area contributed by atoms with Crippen molar-refractivity contribution >= 4 is 23.4 Å². The second kappa shape index (κ2) is 7.10. The molecule has 3 amide bonds. The second-order valence-electron chi connectivity index (χ2n) is 6.75. The molecule has 2 aromatic rings. The number of amides is 3. The number of benzene rings is 2. The quantitative estimate of drug-likeness (QED) is 0.804. The average molecular weight is 390 g/mol. The van der Waals surface area contributed by atoms with E-state index in [4.69, 9.17) is 0 Å². The molecule has 1 N–H and O–H groups in total. The standard InChI is InChI=1S/C20H17F3N2O3/c1-11(2)16(25-18(27)12-7-3-4-8-13(12)19(25)28)17(26)24-15-10-6-5-9-14(15)20(21,22)23/h3-11,16H,1-2H3,(H,24,26)/t16-/m1/s1. The summed E-state index contributed by atoms with van der Waals surface area (Å²) >= 11 is 0. The number of hydrogen-bond acceptors (Lipinski definition) is 3. The van der Waals surface area contributed by atoms with E-state index in [9.17, 15) is 27.6 Å². The molecule has 0 aromatic heterocycles. The highest BCUT2D eigenvalue weighted by atomic mass is 19.4. The number of fused-ring (bicyclic) bond motifs is 1. The van der Waals surface area contributed by atoms with Gasteiger partial charge in [-0.1, -0.05) is 38.1 Å². The van der Waals surface area contributed by atoms with Gasteiger partial charge in [0, 0.05) is 0 Å². The zero-order valence-corrected chi connectivity index (χ0v) is 15.1. The van der Waals surface area contributed by atoms with Crippen LogP contribution >= 0.6 is 0 Å². The van der Waals surface area contributed by atoms with Crippen LogP contribution in [0.5, 0.6) is 0 Å². The number of anilines is 1. The Kier molecular flexibility index (Phi) is 4.97. The Bertz CT molecular complexity index is 919. The van der Waals surface area contributed by atoms with Gasteiger partial charge in [-0.15, -0.1) is 0 Å². The van der Waals surface area contributed by atoms with Crippen molar-refractivity contribution in [2.45, 2.75) is 26.1 Å². The van der Waals surface area contributed by atoms with Crippen molar-refractivity contribution in [3.8, 4) is 0 Å². The van der Waals surface area contributed by atoms with Crippen LogP contribution in [0.25, 0.3) is 0 Å². The van der Waals surface area contributed by atoms with E-state index in [2.05, 4.69) is 5.32 Å². The van der Waals surface area contributed by atoms with Gasteiger partial charge in [0.25, 0.3) is 11.8 Å². The van der Waals surface area contributed by atoms with Crippen LogP contribution in [0.2, 0.25) is 0 Å². The summed E-state index contributed by atoms with van der Waals surface area (Å²) in [5, 5.41) is 2.24. The third-order valence-electron chi connectivity index (χ3n) is 4.49. The summed E-state index contributed by atoms with van der Waals surface area (Å²) in [6, 6.07) is 9.43. The molecule has 1 aliphatic rings. The van der Waals surface area contributed by atoms with Gasteiger partial charge in [0.05, 0.1) is 22.4 Å². The number of carbonyl (C=O) groups is 3. The molecule has 0 spiro atoms. The van der Waals surface area contributed by atoms with Crippen molar-refractivity contribution in [3.05, 3.63) is 65.2 Å². The molecular formula is C20H17F3N2O3. The van der Waals surface area contributed by atoms with E-state index in [0.29, 0.717) is 0 Å². The molecule has 28 heavy (non-hydrogen) atoms. The highest BCUT2D eigenvalue weighted by Gasteiger charge is 2.44. The fourth-order valence-corrected chi connectivity index (χ4v) is 3.22. The van der Waals surface area contributed by atoms with Crippen molar-refractivity contribution in [3.63, 3.8) is 0 Å². The van der Waals surface area contributed by atoms with Gasteiger partial charge >= 0.3 is 6.18 Å². The first-order chi connectivity index (χ1) is 13.1. The zero-order chi connectivity index (χ0) is 20.6. The first-order valence-corrected chi connectivity index (χ1v) is 8.57. The molecule has 5 nitrogen and oxygen atoms in total. The normalized spacial score (nSPS) is 15.0. The predicted octanol–water partition coefficient (Wildman–Crippen LogP) is 3.96. The Balaban J connectivity index is 1.94. The second-order valence-corrected chi connectivity index (χ2v) is 6.75. The molecule has 0 unspecified atom stereocenters. The fraction of sp³-hybridized carbons (Fsp3) is 0.250. The first-order valence-electron chi connectivity index (χ1n) is 8.57. The predicted molar refractivity (Wildman–Crippen MR) is 95.6 cm³/mol. The number of imide groups is 1. The summed E-state index contributed by atoms with van der Waals surface area (Å²) in [5.41, 5.74) is -1.10. The van der Waals surface area contributed by atoms with Crippen LogP contribution in [0, 0.1) is 5.92 Å². The Morgan fingerprint density at radius 1 is 0.929 bits per heavy atom. The molecular weight excluding hydrogens is 373 g/mol. The van der Waals surface area contributed by atoms with Crippen molar-refractivity contribution in [1.82, 2.24) is 4.90 Å². The third-order valence-corrected chi connectivity index (χ3v) is 4.49. The molecule has 146 valence electrons. The minimum Gasteiger partial charge on any atom is -0.324 e. The lowest BCUT2D eigenvalue weighted by Gasteiger charge is -2.28. The van der Waals surface area contributed by atoms with Crippen LogP contribution in [0.3, 0.4) is 0 Å². The van der Waals surface area contributed by atoms with E-state index in [0.717, 1.165) is 17.0 Å². The SMILES string of the molecule is CC(C)[C@H](C(=O)Nc1ccccc1C(F)(F)F)N1C(=O)c2ccccc2C1=O. The van der Waals surface area contributed by atoms with Crippen molar-refractivity contribution in [2.75, 3.05) is 5.32 Å². The van der Waals surface area contributed by atoms with Crippen LogP contribution in [0.4, 0.5) is 18.9 Å². The Labute approximate surface area is 159 Å². The monoisotopic (exact) mass is 390 g/mol. The largest absolute Gasteiger partial charge is 0.418 e. The summed E-state index contributed by atoms with van der Waals surface area (Å²) in [7, 11) is 0. The molecule has 0 aliphatic carbocycles. The van der Waals surface area contributed by atoms with E-state index in [1.165, 1.54) is 24.3 Å². The van der Waals surface area contributed by atoms with Crippen molar-refractivity contribution < 1.29 is 27.6 Å². The lowest BCUT2D eigenvalue weighted by Crippen LogP contribution is -2.50. The van der Waals surface area contributed by atoms with Crippen molar-refractivity contribution in [2.24, 2.45) is 5.92 Å².